The molecular weight excluding hydrogens is 320 g/mol. The number of carbonyl (C=O) groups excluding carboxylic acids is 1. The van der Waals surface area contributed by atoms with E-state index in [1.54, 1.807) is 24.3 Å². The van der Waals surface area contributed by atoms with Gasteiger partial charge in [0.1, 0.15) is 18.1 Å². The highest BCUT2D eigenvalue weighted by atomic mass is 16.5. The molecule has 0 saturated carbocycles. The van der Waals surface area contributed by atoms with E-state index in [4.69, 9.17) is 9.15 Å². The molecule has 2 aliphatic heterocycles. The van der Waals surface area contributed by atoms with E-state index in [2.05, 4.69) is 11.9 Å². The zero-order chi connectivity index (χ0) is 17.4. The van der Waals surface area contributed by atoms with E-state index < -0.39 is 0 Å². The van der Waals surface area contributed by atoms with Crippen molar-refractivity contribution in [1.82, 2.24) is 4.90 Å². The summed E-state index contributed by atoms with van der Waals surface area (Å²) in [5.74, 6) is 0.884. The van der Waals surface area contributed by atoms with Gasteiger partial charge in [0, 0.05) is 24.7 Å². The normalized spacial score (nSPS) is 20.0. The van der Waals surface area contributed by atoms with E-state index in [0.717, 1.165) is 26.2 Å². The van der Waals surface area contributed by atoms with Crippen LogP contribution in [0.2, 0.25) is 0 Å². The van der Waals surface area contributed by atoms with Crippen LogP contribution < -0.4 is 14.7 Å². The van der Waals surface area contributed by atoms with Crippen molar-refractivity contribution in [1.29, 1.82) is 0 Å². The molecule has 0 atom stereocenters. The van der Waals surface area contributed by atoms with Crippen LogP contribution in [0, 0.1) is 0 Å². The smallest absolute Gasteiger partial charge is 0.232 e. The van der Waals surface area contributed by atoms with Crippen LogP contribution in [0.3, 0.4) is 0 Å². The lowest BCUT2D eigenvalue weighted by Gasteiger charge is -2.30. The van der Waals surface area contributed by atoms with Crippen molar-refractivity contribution in [3.8, 4) is 11.5 Å². The van der Waals surface area contributed by atoms with Gasteiger partial charge < -0.3 is 19.2 Å². The third kappa shape index (κ3) is 3.06. The van der Waals surface area contributed by atoms with E-state index in [0.29, 0.717) is 29.2 Å². The van der Waals surface area contributed by atoms with Gasteiger partial charge in [0.05, 0.1) is 24.9 Å². The summed E-state index contributed by atoms with van der Waals surface area (Å²) in [5.41, 5.74) is 1.05. The predicted octanol–water partition coefficient (Wildman–Crippen LogP) is 0.300. The first-order valence-electron chi connectivity index (χ1n) is 8.44. The number of nitrogens with one attached hydrogen (secondary N) is 1. The highest BCUT2D eigenvalue weighted by molar-refractivity contribution is 6.14. The maximum Gasteiger partial charge on any atom is 0.232 e. The van der Waals surface area contributed by atoms with Crippen molar-refractivity contribution < 1.29 is 24.0 Å². The van der Waals surface area contributed by atoms with Crippen molar-refractivity contribution in [3.05, 3.63) is 53.2 Å². The van der Waals surface area contributed by atoms with Gasteiger partial charge in [0.2, 0.25) is 5.78 Å². The van der Waals surface area contributed by atoms with Crippen LogP contribution in [0.4, 0.5) is 0 Å². The van der Waals surface area contributed by atoms with Gasteiger partial charge in [0.25, 0.3) is 0 Å². The number of nitrogens with zero attached hydrogens (tertiary/aromatic N) is 1. The van der Waals surface area contributed by atoms with Crippen molar-refractivity contribution in [2.45, 2.75) is 6.54 Å². The van der Waals surface area contributed by atoms with Gasteiger partial charge >= 0.3 is 0 Å². The minimum Gasteiger partial charge on any atom is -0.872 e. The largest absolute Gasteiger partial charge is 0.872 e. The molecule has 2 aromatic rings. The van der Waals surface area contributed by atoms with Crippen molar-refractivity contribution in [2.75, 3.05) is 33.2 Å². The Morgan fingerprint density at radius 1 is 1.28 bits per heavy atom. The van der Waals surface area contributed by atoms with E-state index in [1.165, 1.54) is 17.2 Å². The number of likely N-dealkylation sites (N-methyl/N-ethyl adjacent to an activating group) is 1. The molecule has 1 aromatic carbocycles. The van der Waals surface area contributed by atoms with Gasteiger partial charge in [-0.2, -0.15) is 0 Å². The Morgan fingerprint density at radius 2 is 2.08 bits per heavy atom. The van der Waals surface area contributed by atoms with Crippen LogP contribution in [-0.4, -0.2) is 43.9 Å². The summed E-state index contributed by atoms with van der Waals surface area (Å²) >= 11 is 0. The summed E-state index contributed by atoms with van der Waals surface area (Å²) in [6.07, 6.45) is 3.11. The van der Waals surface area contributed by atoms with Gasteiger partial charge in [0.15, 0.2) is 5.76 Å². The maximum atomic E-state index is 12.6. The molecule has 0 bridgehead atoms. The lowest BCUT2D eigenvalue weighted by Crippen LogP contribution is -3.13. The van der Waals surface area contributed by atoms with Crippen LogP contribution in [0.1, 0.15) is 21.7 Å². The fraction of sp³-hybridized carbons (Fsp3) is 0.316. The molecule has 0 radical (unpaired) electrons. The average Bonchev–Trinajstić information content (AvgIpc) is 3.22. The fourth-order valence-electron chi connectivity index (χ4n) is 3.32. The molecule has 6 nitrogen and oxygen atoms in total. The number of hydrogen-bond acceptors (Lipinski definition) is 5. The molecule has 0 unspecified atom stereocenters. The Morgan fingerprint density at radius 3 is 2.80 bits per heavy atom. The molecule has 25 heavy (non-hydrogen) atoms. The van der Waals surface area contributed by atoms with Gasteiger partial charge in [-0.3, -0.25) is 9.69 Å². The number of benzene rings is 1. The number of rotatable bonds is 3. The summed E-state index contributed by atoms with van der Waals surface area (Å²) in [7, 11) is 2.10. The first kappa shape index (κ1) is 15.9. The third-order valence-corrected chi connectivity index (χ3v) is 4.84. The van der Waals surface area contributed by atoms with Gasteiger partial charge in [-0.1, -0.05) is 11.8 Å². The molecule has 1 saturated heterocycles. The maximum absolute atomic E-state index is 12.6. The Labute approximate surface area is 145 Å². The van der Waals surface area contributed by atoms with Gasteiger partial charge in [-0.15, -0.1) is 0 Å². The summed E-state index contributed by atoms with van der Waals surface area (Å²) in [6, 6.07) is 6.53. The highest BCUT2D eigenvalue weighted by Gasteiger charge is 2.31. The summed E-state index contributed by atoms with van der Waals surface area (Å²) in [4.78, 5) is 16.2. The van der Waals surface area contributed by atoms with Crippen molar-refractivity contribution >= 4 is 11.9 Å². The first-order valence-corrected chi connectivity index (χ1v) is 8.44. The standard InChI is InChI=1S/C19H20N2O4/c1-20-6-8-21(9-7-20)12-15-16(22)5-4-14-18(23)17(25-19(14)15)11-13-3-2-10-24-13/h2-5,10-11,22H,6-9,12H2,1H3/b17-11-. The average molecular weight is 340 g/mol. The molecule has 2 aliphatic rings. The number of Topliss-reactive ketones (excluding diaryl/α,β-unsaturated/α-hetero) is 1. The SMILES string of the molecule is CN1CC[NH+](Cc2c([O-])ccc3c2O/C(=C\c2ccco2)C3=O)CC1. The van der Waals surface area contributed by atoms with Crippen molar-refractivity contribution in [2.24, 2.45) is 0 Å². The number of fused-ring (bicyclic) bond motifs is 1. The number of hydrogen-bond donors (Lipinski definition) is 1. The van der Waals surface area contributed by atoms with Crippen LogP contribution >= 0.6 is 0 Å². The molecule has 1 fully saturated rings. The Balaban J connectivity index is 1.62. The second-order valence-corrected chi connectivity index (χ2v) is 6.60. The quantitative estimate of drug-likeness (QED) is 0.814. The molecule has 3 heterocycles. The van der Waals surface area contributed by atoms with Crippen LogP contribution in [0.15, 0.2) is 40.7 Å². The lowest BCUT2D eigenvalue weighted by atomic mass is 10.0. The number of quaternary nitrogens is 1. The number of furan rings is 1. The molecular formula is C19H20N2O4. The number of carbonyl (C=O) groups is 1. The molecule has 1 N–H and O–H groups in total. The fourth-order valence-corrected chi connectivity index (χ4v) is 3.32. The topological polar surface area (TPSA) is 70.2 Å². The minimum absolute atomic E-state index is 0.0720. The molecule has 0 aliphatic carbocycles. The molecule has 0 amide bonds. The molecule has 0 spiro atoms. The van der Waals surface area contributed by atoms with Gasteiger partial charge in [-0.05, 0) is 25.2 Å². The van der Waals surface area contributed by atoms with E-state index in [1.807, 2.05) is 0 Å². The predicted molar refractivity (Wildman–Crippen MR) is 89.4 cm³/mol. The number of ether oxygens (including phenoxy) is 1. The second kappa shape index (κ2) is 6.38. The van der Waals surface area contributed by atoms with Crippen LogP contribution in [-0.2, 0) is 6.54 Å². The van der Waals surface area contributed by atoms with Crippen LogP contribution in [0.25, 0.3) is 6.08 Å². The molecule has 1 aromatic heterocycles. The Kier molecular flexibility index (Phi) is 4.07. The van der Waals surface area contributed by atoms with E-state index in [-0.39, 0.29) is 17.3 Å². The minimum atomic E-state index is -0.207. The monoisotopic (exact) mass is 340 g/mol. The molecule has 6 heteroatoms. The third-order valence-electron chi connectivity index (χ3n) is 4.84. The molecule has 4 rings (SSSR count). The number of allylic oxidation sites excluding steroid dienone is 1. The van der Waals surface area contributed by atoms with E-state index in [9.17, 15) is 9.90 Å². The zero-order valence-electron chi connectivity index (χ0n) is 14.1. The lowest BCUT2D eigenvalue weighted by molar-refractivity contribution is -0.918. The summed E-state index contributed by atoms with van der Waals surface area (Å²) < 4.78 is 11.0. The van der Waals surface area contributed by atoms with Crippen molar-refractivity contribution in [3.63, 3.8) is 0 Å². The Bertz CT molecular complexity index is 818. The number of piperazine rings is 1. The highest BCUT2D eigenvalue weighted by Crippen LogP contribution is 2.38. The van der Waals surface area contributed by atoms with E-state index >= 15 is 0 Å². The summed E-state index contributed by atoms with van der Waals surface area (Å²) in [6.45, 7) is 4.53. The zero-order valence-corrected chi connectivity index (χ0v) is 14.1. The summed E-state index contributed by atoms with van der Waals surface area (Å²) in [5, 5.41) is 12.4. The molecule has 130 valence electrons. The Hall–Kier alpha value is -2.57. The number of ketones is 1. The van der Waals surface area contributed by atoms with Gasteiger partial charge in [-0.25, -0.2) is 0 Å². The first-order chi connectivity index (χ1) is 12.1. The second-order valence-electron chi connectivity index (χ2n) is 6.60. The van der Waals surface area contributed by atoms with Crippen LogP contribution in [0.5, 0.6) is 11.5 Å².